The van der Waals surface area contributed by atoms with Crippen LogP contribution in [0.15, 0.2) is 4.99 Å². The molecule has 1 heterocycles. The Hall–Kier alpha value is -1.08. The van der Waals surface area contributed by atoms with E-state index < -0.39 is 0 Å². The highest BCUT2D eigenvalue weighted by molar-refractivity contribution is 5.85. The van der Waals surface area contributed by atoms with Gasteiger partial charge in [0.2, 0.25) is 5.84 Å². The van der Waals surface area contributed by atoms with Gasteiger partial charge in [-0.2, -0.15) is 0 Å². The van der Waals surface area contributed by atoms with Crippen LogP contribution in [0.5, 0.6) is 0 Å². The van der Waals surface area contributed by atoms with E-state index in [0.29, 0.717) is 5.84 Å². The van der Waals surface area contributed by atoms with Gasteiger partial charge < -0.3 is 4.85 Å². The van der Waals surface area contributed by atoms with Crippen LogP contribution in [0.4, 0.5) is 0 Å². The predicted octanol–water partition coefficient (Wildman–Crippen LogP) is 0.575. The smallest absolute Gasteiger partial charge is 0.272 e. The van der Waals surface area contributed by atoms with E-state index in [9.17, 15) is 0 Å². The van der Waals surface area contributed by atoms with Gasteiger partial charge in [-0.15, -0.1) is 0 Å². The summed E-state index contributed by atoms with van der Waals surface area (Å²) in [5.41, 5.74) is 2.59. The standard InChI is InChI=1S/C6H9N3O/c1-3-6-8-5(4-7-2)9-10-6/h6H,3-4H2,1H3,(H,8,9). The molecule has 1 atom stereocenters. The number of aliphatic imine (C=N–C) groups is 1. The van der Waals surface area contributed by atoms with E-state index in [0.717, 1.165) is 6.42 Å². The Balaban J connectivity index is 2.42. The van der Waals surface area contributed by atoms with Crippen LogP contribution in [-0.2, 0) is 4.84 Å². The molecule has 4 heteroatoms. The average molecular weight is 139 g/mol. The zero-order valence-electron chi connectivity index (χ0n) is 5.79. The van der Waals surface area contributed by atoms with Crippen molar-refractivity contribution in [2.24, 2.45) is 4.99 Å². The highest BCUT2D eigenvalue weighted by Crippen LogP contribution is 2.03. The van der Waals surface area contributed by atoms with Gasteiger partial charge in [-0.1, -0.05) is 6.92 Å². The van der Waals surface area contributed by atoms with Gasteiger partial charge in [-0.25, -0.2) is 21.9 Å². The molecule has 0 saturated carbocycles. The monoisotopic (exact) mass is 139 g/mol. The number of hydrogen-bond donors (Lipinski definition) is 1. The SMILES string of the molecule is [C-]#[N+]CC1=NC(CC)ON1. The van der Waals surface area contributed by atoms with E-state index in [2.05, 4.69) is 15.3 Å². The van der Waals surface area contributed by atoms with Crippen LogP contribution in [0.3, 0.4) is 0 Å². The van der Waals surface area contributed by atoms with Crippen LogP contribution >= 0.6 is 0 Å². The van der Waals surface area contributed by atoms with Crippen molar-refractivity contribution in [1.82, 2.24) is 5.48 Å². The first-order valence-electron chi connectivity index (χ1n) is 3.18. The maximum atomic E-state index is 6.54. The third-order valence-corrected chi connectivity index (χ3v) is 1.19. The molecule has 0 aromatic heterocycles. The fourth-order valence-corrected chi connectivity index (χ4v) is 0.685. The molecule has 0 spiro atoms. The van der Waals surface area contributed by atoms with E-state index in [1.807, 2.05) is 6.92 Å². The normalized spacial score (nSPS) is 23.2. The largest absolute Gasteiger partial charge is 0.308 e. The molecular formula is C6H9N3O. The van der Waals surface area contributed by atoms with E-state index >= 15 is 0 Å². The Morgan fingerprint density at radius 1 is 1.90 bits per heavy atom. The summed E-state index contributed by atoms with van der Waals surface area (Å²) in [6.45, 7) is 8.81. The van der Waals surface area contributed by atoms with Crippen molar-refractivity contribution in [3.8, 4) is 0 Å². The van der Waals surface area contributed by atoms with E-state index in [4.69, 9.17) is 11.4 Å². The summed E-state index contributed by atoms with van der Waals surface area (Å²) in [6.07, 6.45) is 0.755. The third kappa shape index (κ3) is 1.45. The lowest BCUT2D eigenvalue weighted by Gasteiger charge is -1.98. The lowest BCUT2D eigenvalue weighted by molar-refractivity contribution is 0.0361. The summed E-state index contributed by atoms with van der Waals surface area (Å²) >= 11 is 0. The molecule has 1 aliphatic heterocycles. The molecular weight excluding hydrogens is 130 g/mol. The van der Waals surface area contributed by atoms with Gasteiger partial charge >= 0.3 is 0 Å². The van der Waals surface area contributed by atoms with Gasteiger partial charge in [-0.3, -0.25) is 0 Å². The molecule has 0 aromatic rings. The van der Waals surface area contributed by atoms with Crippen LogP contribution in [0.2, 0.25) is 0 Å². The molecule has 0 saturated heterocycles. The van der Waals surface area contributed by atoms with Crippen LogP contribution in [0.25, 0.3) is 4.85 Å². The maximum absolute atomic E-state index is 6.54. The molecule has 0 aromatic carbocycles. The first-order valence-corrected chi connectivity index (χ1v) is 3.18. The van der Waals surface area contributed by atoms with Crippen molar-refractivity contribution in [1.29, 1.82) is 0 Å². The Labute approximate surface area is 59.7 Å². The minimum atomic E-state index is -0.0863. The second-order valence-corrected chi connectivity index (χ2v) is 1.97. The molecule has 0 bridgehead atoms. The van der Waals surface area contributed by atoms with Crippen molar-refractivity contribution < 1.29 is 4.84 Å². The Morgan fingerprint density at radius 3 is 3.20 bits per heavy atom. The molecule has 1 unspecified atom stereocenters. The van der Waals surface area contributed by atoms with E-state index in [1.54, 1.807) is 0 Å². The topological polar surface area (TPSA) is 38.0 Å². The predicted molar refractivity (Wildman–Crippen MR) is 37.2 cm³/mol. The number of nitrogens with one attached hydrogen (secondary N) is 1. The van der Waals surface area contributed by atoms with Crippen LogP contribution in [0.1, 0.15) is 13.3 Å². The van der Waals surface area contributed by atoms with Crippen LogP contribution in [-0.4, -0.2) is 18.6 Å². The molecule has 10 heavy (non-hydrogen) atoms. The molecule has 0 fully saturated rings. The van der Waals surface area contributed by atoms with Crippen molar-refractivity contribution >= 4 is 5.84 Å². The van der Waals surface area contributed by atoms with Crippen LogP contribution < -0.4 is 5.48 Å². The number of nitrogens with zero attached hydrogens (tertiary/aromatic N) is 2. The van der Waals surface area contributed by atoms with Crippen LogP contribution in [0, 0.1) is 6.57 Å². The maximum Gasteiger partial charge on any atom is 0.272 e. The fraction of sp³-hybridized carbons (Fsp3) is 0.667. The Kier molecular flexibility index (Phi) is 2.24. The molecule has 1 N–H and O–H groups in total. The van der Waals surface area contributed by atoms with Gasteiger partial charge in [0, 0.05) is 0 Å². The molecule has 54 valence electrons. The summed E-state index contributed by atoms with van der Waals surface area (Å²) in [7, 11) is 0. The van der Waals surface area contributed by atoms with E-state index in [1.165, 1.54) is 0 Å². The van der Waals surface area contributed by atoms with Gasteiger partial charge in [-0.05, 0) is 6.42 Å². The van der Waals surface area contributed by atoms with E-state index in [-0.39, 0.29) is 12.8 Å². The summed E-state index contributed by atoms with van der Waals surface area (Å²) in [6, 6.07) is 0. The fourth-order valence-electron chi connectivity index (χ4n) is 0.685. The minimum absolute atomic E-state index is 0.0863. The number of rotatable bonds is 2. The quantitative estimate of drug-likeness (QED) is 0.568. The second-order valence-electron chi connectivity index (χ2n) is 1.97. The first kappa shape index (κ1) is 7.03. The van der Waals surface area contributed by atoms with Crippen molar-refractivity contribution in [3.05, 3.63) is 11.4 Å². The highest BCUT2D eigenvalue weighted by atomic mass is 16.7. The van der Waals surface area contributed by atoms with Gasteiger partial charge in [0.05, 0.1) is 0 Å². The highest BCUT2D eigenvalue weighted by Gasteiger charge is 2.16. The average Bonchev–Trinajstić information content (AvgIpc) is 2.37. The first-order chi connectivity index (χ1) is 4.86. The summed E-state index contributed by atoms with van der Waals surface area (Å²) in [4.78, 5) is 12.2. The molecule has 4 nitrogen and oxygen atoms in total. The van der Waals surface area contributed by atoms with Gasteiger partial charge in [0.25, 0.3) is 6.54 Å². The molecule has 0 amide bonds. The molecule has 1 rings (SSSR count). The minimum Gasteiger partial charge on any atom is -0.308 e. The lowest BCUT2D eigenvalue weighted by Crippen LogP contribution is -2.19. The summed E-state index contributed by atoms with van der Waals surface area (Å²) < 4.78 is 0. The van der Waals surface area contributed by atoms with Crippen molar-refractivity contribution in [3.63, 3.8) is 0 Å². The van der Waals surface area contributed by atoms with Gasteiger partial charge in [0.15, 0.2) is 6.23 Å². The molecule has 0 aliphatic carbocycles. The number of hydrogen-bond acceptors (Lipinski definition) is 3. The number of hydroxylamine groups is 1. The summed E-state index contributed by atoms with van der Waals surface area (Å²) in [5, 5.41) is 0. The zero-order chi connectivity index (χ0) is 7.40. The molecule has 1 aliphatic rings. The Morgan fingerprint density at radius 2 is 2.70 bits per heavy atom. The second kappa shape index (κ2) is 3.18. The van der Waals surface area contributed by atoms with Crippen molar-refractivity contribution in [2.75, 3.05) is 6.54 Å². The van der Waals surface area contributed by atoms with Crippen molar-refractivity contribution in [2.45, 2.75) is 19.6 Å². The summed E-state index contributed by atoms with van der Waals surface area (Å²) in [5.74, 6) is 0.641. The molecule has 0 radical (unpaired) electrons. The Bertz CT molecular complexity index is 182. The zero-order valence-corrected chi connectivity index (χ0v) is 5.79. The third-order valence-electron chi connectivity index (χ3n) is 1.19. The van der Waals surface area contributed by atoms with Gasteiger partial charge in [0.1, 0.15) is 0 Å². The number of amidine groups is 1. The lowest BCUT2D eigenvalue weighted by atomic mass is 10.4.